The molecule has 1 N–H and O–H groups in total. The number of aryl methyl sites for hydroxylation is 2. The predicted molar refractivity (Wildman–Crippen MR) is 156 cm³/mol. The zero-order valence-electron chi connectivity index (χ0n) is 21.0. The van der Waals surface area contributed by atoms with Crippen LogP contribution in [0.2, 0.25) is 5.02 Å². The number of ether oxygens (including phenoxy) is 1. The zero-order valence-corrected chi connectivity index (χ0v) is 24.2. The fourth-order valence-electron chi connectivity index (χ4n) is 4.06. The van der Waals surface area contributed by atoms with Crippen LogP contribution in [0, 0.1) is 13.8 Å². The Kier molecular flexibility index (Phi) is 9.38. The molecule has 4 rings (SSSR count). The Morgan fingerprint density at radius 3 is 2.53 bits per heavy atom. The lowest BCUT2D eigenvalue weighted by Gasteiger charge is -2.22. The van der Waals surface area contributed by atoms with E-state index in [4.69, 9.17) is 21.4 Å². The molecule has 0 spiro atoms. The molecule has 0 bridgehead atoms. The summed E-state index contributed by atoms with van der Waals surface area (Å²) in [6.45, 7) is 4.00. The Balaban J connectivity index is 1.53. The van der Waals surface area contributed by atoms with E-state index in [2.05, 4.69) is 0 Å². The van der Waals surface area contributed by atoms with Crippen LogP contribution in [0.15, 0.2) is 75.8 Å². The summed E-state index contributed by atoms with van der Waals surface area (Å²) in [5.41, 5.74) is 2.62. The van der Waals surface area contributed by atoms with Crippen LogP contribution in [0.5, 0.6) is 5.75 Å². The highest BCUT2D eigenvalue weighted by Crippen LogP contribution is 2.37. The van der Waals surface area contributed by atoms with Gasteiger partial charge in [-0.25, -0.2) is 13.2 Å². The summed E-state index contributed by atoms with van der Waals surface area (Å²) >= 11 is 9.01. The van der Waals surface area contributed by atoms with Crippen LogP contribution >= 0.6 is 34.7 Å². The second kappa shape index (κ2) is 12.5. The van der Waals surface area contributed by atoms with Gasteiger partial charge in [-0.05, 0) is 78.7 Å². The number of benzene rings is 3. The van der Waals surface area contributed by atoms with Crippen LogP contribution in [0.3, 0.4) is 0 Å². The van der Waals surface area contributed by atoms with Gasteiger partial charge in [0.1, 0.15) is 9.96 Å². The van der Waals surface area contributed by atoms with Crippen molar-refractivity contribution < 1.29 is 23.1 Å². The molecule has 1 heterocycles. The average Bonchev–Trinajstić information content (AvgIpc) is 3.22. The summed E-state index contributed by atoms with van der Waals surface area (Å²) in [6, 6.07) is 20.8. The number of aliphatic carboxylic acids is 1. The third kappa shape index (κ3) is 6.90. The highest BCUT2D eigenvalue weighted by atomic mass is 35.5. The summed E-state index contributed by atoms with van der Waals surface area (Å²) < 4.78 is 36.0. The molecule has 0 aliphatic carbocycles. The molecule has 1 aromatic heterocycles. The van der Waals surface area contributed by atoms with Gasteiger partial charge in [0, 0.05) is 33.5 Å². The summed E-state index contributed by atoms with van der Waals surface area (Å²) in [7, 11) is -3.74. The third-order valence-electron chi connectivity index (χ3n) is 6.03. The van der Waals surface area contributed by atoms with Gasteiger partial charge in [0.15, 0.2) is 6.61 Å². The maximum Gasteiger partial charge on any atom is 0.341 e. The molecule has 4 aromatic rings. The Labute approximate surface area is 236 Å². The predicted octanol–water partition coefficient (Wildman–Crippen LogP) is 6.66. The van der Waals surface area contributed by atoms with Gasteiger partial charge in [0.05, 0.1) is 0 Å². The zero-order chi connectivity index (χ0) is 27.3. The Hall–Kier alpha value is -2.56. The first-order chi connectivity index (χ1) is 18.1. The Bertz CT molecular complexity index is 1540. The number of rotatable bonds is 12. The summed E-state index contributed by atoms with van der Waals surface area (Å²) in [4.78, 5) is 11.7. The molecule has 0 saturated carbocycles. The monoisotopic (exact) mass is 589 g/mol. The normalized spacial score (nSPS) is 11.8. The fraction of sp³-hybridized carbons (Fsp3) is 0.250. The van der Waals surface area contributed by atoms with Crippen molar-refractivity contribution in [3.63, 3.8) is 0 Å². The lowest BCUT2D eigenvalue weighted by molar-refractivity contribution is -0.139. The minimum Gasteiger partial charge on any atom is -0.482 e. The molecule has 0 fully saturated rings. The van der Waals surface area contributed by atoms with E-state index >= 15 is 0 Å². The second-order valence-electron chi connectivity index (χ2n) is 8.75. The second-order valence-corrected chi connectivity index (χ2v) is 13.5. The largest absolute Gasteiger partial charge is 0.482 e. The number of thioether (sulfide) groups is 1. The van der Waals surface area contributed by atoms with E-state index in [0.717, 1.165) is 31.7 Å². The van der Waals surface area contributed by atoms with E-state index in [0.29, 0.717) is 40.2 Å². The lowest BCUT2D eigenvalue weighted by atomic mass is 10.1. The number of hydrogen-bond acceptors (Lipinski definition) is 6. The van der Waals surface area contributed by atoms with E-state index in [1.165, 1.54) is 11.3 Å². The van der Waals surface area contributed by atoms with Crippen molar-refractivity contribution in [1.82, 2.24) is 4.31 Å². The van der Waals surface area contributed by atoms with E-state index in [9.17, 15) is 13.2 Å². The first-order valence-electron chi connectivity index (χ1n) is 12.0. The number of nitrogens with zero attached hydrogens (tertiary/aromatic N) is 1. The number of carboxylic acids is 1. The molecule has 3 aromatic carbocycles. The Morgan fingerprint density at radius 1 is 1.05 bits per heavy atom. The van der Waals surface area contributed by atoms with Crippen molar-refractivity contribution in [1.29, 1.82) is 0 Å². The molecule has 0 radical (unpaired) electrons. The van der Waals surface area contributed by atoms with Crippen LogP contribution in [-0.4, -0.2) is 49.2 Å². The number of thiophene rings is 1. The van der Waals surface area contributed by atoms with Gasteiger partial charge in [-0.15, -0.1) is 23.1 Å². The van der Waals surface area contributed by atoms with Gasteiger partial charge in [0.25, 0.3) is 10.0 Å². The van der Waals surface area contributed by atoms with Gasteiger partial charge >= 0.3 is 5.97 Å². The molecule has 0 saturated heterocycles. The van der Waals surface area contributed by atoms with Crippen molar-refractivity contribution >= 4 is 60.8 Å². The first kappa shape index (κ1) is 28.4. The summed E-state index contributed by atoms with van der Waals surface area (Å²) in [5.74, 6) is 0.0410. The van der Waals surface area contributed by atoms with E-state index in [1.807, 2.05) is 68.4 Å². The molecule has 0 aliphatic heterocycles. The van der Waals surface area contributed by atoms with Crippen molar-refractivity contribution in [2.75, 3.05) is 25.4 Å². The molecule has 0 atom stereocenters. The molecule has 0 unspecified atom stereocenters. The van der Waals surface area contributed by atoms with Crippen LogP contribution in [0.25, 0.3) is 10.1 Å². The SMILES string of the molecule is Cc1cc(SCCN(CCc2ccccc2)S(=O)(=O)c2sc3ccc(Cl)cc3c2C)ccc1OCC(=O)O. The molecule has 38 heavy (non-hydrogen) atoms. The first-order valence-corrected chi connectivity index (χ1v) is 15.6. The van der Waals surface area contributed by atoms with E-state index < -0.39 is 22.6 Å². The lowest BCUT2D eigenvalue weighted by Crippen LogP contribution is -2.34. The van der Waals surface area contributed by atoms with E-state index in [-0.39, 0.29) is 0 Å². The molecular weight excluding hydrogens is 562 g/mol. The number of halogens is 1. The molecule has 10 heteroatoms. The van der Waals surface area contributed by atoms with Crippen LogP contribution in [0.1, 0.15) is 16.7 Å². The molecule has 6 nitrogen and oxygen atoms in total. The minimum absolute atomic E-state index is 0.338. The fourth-order valence-corrected chi connectivity index (χ4v) is 8.64. The number of carbonyl (C=O) groups is 1. The van der Waals surface area contributed by atoms with Crippen molar-refractivity contribution in [2.24, 2.45) is 0 Å². The summed E-state index contributed by atoms with van der Waals surface area (Å²) in [5, 5.41) is 10.3. The van der Waals surface area contributed by atoms with Gasteiger partial charge in [-0.3, -0.25) is 0 Å². The minimum atomic E-state index is -3.74. The van der Waals surface area contributed by atoms with Crippen molar-refractivity contribution in [3.8, 4) is 5.75 Å². The van der Waals surface area contributed by atoms with Crippen LogP contribution in [0.4, 0.5) is 0 Å². The van der Waals surface area contributed by atoms with Crippen LogP contribution in [-0.2, 0) is 21.2 Å². The van der Waals surface area contributed by atoms with Gasteiger partial charge in [0.2, 0.25) is 0 Å². The van der Waals surface area contributed by atoms with Crippen molar-refractivity contribution in [3.05, 3.63) is 88.4 Å². The highest BCUT2D eigenvalue weighted by molar-refractivity contribution is 7.99. The van der Waals surface area contributed by atoms with Crippen LogP contribution < -0.4 is 4.74 Å². The smallest absolute Gasteiger partial charge is 0.341 e. The maximum absolute atomic E-state index is 13.9. The van der Waals surface area contributed by atoms with Gasteiger partial charge < -0.3 is 9.84 Å². The maximum atomic E-state index is 13.9. The standard InChI is InChI=1S/C28H28ClNO5S3/c1-19-16-23(9-10-25(19)35-18-27(31)32)36-15-14-30(13-12-21-6-4-3-5-7-21)38(33,34)28-20(2)24-17-22(29)8-11-26(24)37-28/h3-11,16-17H,12-15,18H2,1-2H3,(H,31,32). The molecular formula is C28H28ClNO5S3. The molecule has 0 aliphatic rings. The van der Waals surface area contributed by atoms with E-state index in [1.54, 1.807) is 28.2 Å². The Morgan fingerprint density at radius 2 is 1.82 bits per heavy atom. The number of fused-ring (bicyclic) bond motifs is 1. The average molecular weight is 590 g/mol. The quantitative estimate of drug-likeness (QED) is 0.186. The van der Waals surface area contributed by atoms with Gasteiger partial charge in [-0.1, -0.05) is 41.9 Å². The summed E-state index contributed by atoms with van der Waals surface area (Å²) in [6.07, 6.45) is 0.606. The molecule has 200 valence electrons. The van der Waals surface area contributed by atoms with Gasteiger partial charge in [-0.2, -0.15) is 4.31 Å². The number of sulfonamides is 1. The number of hydrogen-bond donors (Lipinski definition) is 1. The number of carboxylic acid groups (broad SMARTS) is 1. The third-order valence-corrected chi connectivity index (χ3v) is 11.0. The topological polar surface area (TPSA) is 83.9 Å². The molecule has 0 amide bonds. The highest BCUT2D eigenvalue weighted by Gasteiger charge is 2.29. The van der Waals surface area contributed by atoms with Crippen molar-refractivity contribution in [2.45, 2.75) is 29.4 Å².